The summed E-state index contributed by atoms with van der Waals surface area (Å²) in [6.45, 7) is 1.14. The SMILES string of the molecule is COc1cc(Cl)ccc1C(=O)NC1COC1. The molecule has 0 saturated carbocycles. The third kappa shape index (κ3) is 2.28. The zero-order chi connectivity index (χ0) is 11.5. The van der Waals surface area contributed by atoms with Crippen LogP contribution in [0.5, 0.6) is 5.75 Å². The fourth-order valence-corrected chi connectivity index (χ4v) is 1.60. The van der Waals surface area contributed by atoms with Crippen molar-refractivity contribution in [3.05, 3.63) is 28.8 Å². The molecule has 4 nitrogen and oxygen atoms in total. The highest BCUT2D eigenvalue weighted by molar-refractivity contribution is 6.30. The van der Waals surface area contributed by atoms with Crippen molar-refractivity contribution in [1.82, 2.24) is 5.32 Å². The van der Waals surface area contributed by atoms with Crippen molar-refractivity contribution in [2.75, 3.05) is 20.3 Å². The number of carbonyl (C=O) groups is 1. The van der Waals surface area contributed by atoms with Gasteiger partial charge >= 0.3 is 0 Å². The Morgan fingerprint density at radius 2 is 2.31 bits per heavy atom. The average molecular weight is 242 g/mol. The van der Waals surface area contributed by atoms with Crippen molar-refractivity contribution >= 4 is 17.5 Å². The molecule has 1 heterocycles. The lowest BCUT2D eigenvalue weighted by molar-refractivity contribution is -0.00350. The summed E-state index contributed by atoms with van der Waals surface area (Å²) < 4.78 is 10.1. The number of benzene rings is 1. The van der Waals surface area contributed by atoms with E-state index in [9.17, 15) is 4.79 Å². The van der Waals surface area contributed by atoms with E-state index < -0.39 is 0 Å². The molecule has 86 valence electrons. The summed E-state index contributed by atoms with van der Waals surface area (Å²) in [4.78, 5) is 11.8. The normalized spacial score (nSPS) is 15.4. The molecule has 1 aliphatic heterocycles. The fourth-order valence-electron chi connectivity index (χ4n) is 1.43. The standard InChI is InChI=1S/C11H12ClNO3/c1-15-10-4-7(12)2-3-9(10)11(14)13-8-5-16-6-8/h2-4,8H,5-6H2,1H3,(H,13,14). The van der Waals surface area contributed by atoms with Gasteiger partial charge in [-0.15, -0.1) is 0 Å². The molecule has 0 bridgehead atoms. The molecule has 16 heavy (non-hydrogen) atoms. The van der Waals surface area contributed by atoms with Gasteiger partial charge in [0.15, 0.2) is 0 Å². The van der Waals surface area contributed by atoms with Gasteiger partial charge < -0.3 is 14.8 Å². The van der Waals surface area contributed by atoms with Crippen LogP contribution < -0.4 is 10.1 Å². The number of hydrogen-bond donors (Lipinski definition) is 1. The largest absolute Gasteiger partial charge is 0.496 e. The minimum absolute atomic E-state index is 0.105. The van der Waals surface area contributed by atoms with Crippen molar-refractivity contribution in [1.29, 1.82) is 0 Å². The zero-order valence-corrected chi connectivity index (χ0v) is 9.58. The monoisotopic (exact) mass is 241 g/mol. The lowest BCUT2D eigenvalue weighted by Gasteiger charge is -2.27. The first-order chi connectivity index (χ1) is 7.70. The highest BCUT2D eigenvalue weighted by Crippen LogP contribution is 2.23. The number of ether oxygens (including phenoxy) is 2. The summed E-state index contributed by atoms with van der Waals surface area (Å²) in [6, 6.07) is 5.04. The van der Waals surface area contributed by atoms with Gasteiger partial charge in [-0.1, -0.05) is 11.6 Å². The number of carbonyl (C=O) groups excluding carboxylic acids is 1. The lowest BCUT2D eigenvalue weighted by Crippen LogP contribution is -2.48. The molecule has 0 atom stereocenters. The topological polar surface area (TPSA) is 47.6 Å². The predicted molar refractivity (Wildman–Crippen MR) is 60.1 cm³/mol. The molecular formula is C11H12ClNO3. The van der Waals surface area contributed by atoms with E-state index in [1.807, 2.05) is 0 Å². The Hall–Kier alpha value is -1.26. The summed E-state index contributed by atoms with van der Waals surface area (Å²) in [6.07, 6.45) is 0. The summed E-state index contributed by atoms with van der Waals surface area (Å²) >= 11 is 5.81. The van der Waals surface area contributed by atoms with Crippen molar-refractivity contribution < 1.29 is 14.3 Å². The Labute approximate surface area is 98.5 Å². The van der Waals surface area contributed by atoms with E-state index in [-0.39, 0.29) is 11.9 Å². The van der Waals surface area contributed by atoms with Crippen LogP contribution in [0.4, 0.5) is 0 Å². The summed E-state index contributed by atoms with van der Waals surface area (Å²) in [7, 11) is 1.51. The van der Waals surface area contributed by atoms with Crippen molar-refractivity contribution in [2.24, 2.45) is 0 Å². The minimum Gasteiger partial charge on any atom is -0.496 e. The van der Waals surface area contributed by atoms with Gasteiger partial charge in [0, 0.05) is 5.02 Å². The summed E-state index contributed by atoms with van der Waals surface area (Å²) in [5.74, 6) is 0.312. The van der Waals surface area contributed by atoms with Gasteiger partial charge in [0.1, 0.15) is 5.75 Å². The summed E-state index contributed by atoms with van der Waals surface area (Å²) in [5.41, 5.74) is 0.485. The van der Waals surface area contributed by atoms with Crippen LogP contribution in [0.2, 0.25) is 5.02 Å². The molecule has 0 aromatic heterocycles. The molecule has 0 unspecified atom stereocenters. The van der Waals surface area contributed by atoms with E-state index in [0.29, 0.717) is 29.5 Å². The smallest absolute Gasteiger partial charge is 0.255 e. The Balaban J connectivity index is 2.14. The van der Waals surface area contributed by atoms with E-state index in [4.69, 9.17) is 21.1 Å². The number of nitrogens with one attached hydrogen (secondary N) is 1. The summed E-state index contributed by atoms with van der Waals surface area (Å²) in [5, 5.41) is 3.38. The van der Waals surface area contributed by atoms with Gasteiger partial charge in [0.25, 0.3) is 5.91 Å². The second-order valence-electron chi connectivity index (χ2n) is 3.55. The minimum atomic E-state index is -0.165. The number of halogens is 1. The predicted octanol–water partition coefficient (Wildman–Crippen LogP) is 1.48. The maximum Gasteiger partial charge on any atom is 0.255 e. The quantitative estimate of drug-likeness (QED) is 0.872. The van der Waals surface area contributed by atoms with Crippen LogP contribution in [-0.4, -0.2) is 32.3 Å². The van der Waals surface area contributed by atoms with Crippen LogP contribution in [0.1, 0.15) is 10.4 Å². The number of rotatable bonds is 3. The molecule has 1 amide bonds. The Kier molecular flexibility index (Phi) is 3.31. The van der Waals surface area contributed by atoms with E-state index >= 15 is 0 Å². The van der Waals surface area contributed by atoms with Crippen LogP contribution in [0.25, 0.3) is 0 Å². The fraction of sp³-hybridized carbons (Fsp3) is 0.364. The van der Waals surface area contributed by atoms with Crippen LogP contribution in [0.15, 0.2) is 18.2 Å². The highest BCUT2D eigenvalue weighted by atomic mass is 35.5. The van der Waals surface area contributed by atoms with Gasteiger partial charge in [-0.05, 0) is 18.2 Å². The molecule has 1 aromatic rings. The van der Waals surface area contributed by atoms with Crippen molar-refractivity contribution in [2.45, 2.75) is 6.04 Å². The van der Waals surface area contributed by atoms with Gasteiger partial charge in [0.05, 0.1) is 31.9 Å². The third-order valence-corrected chi connectivity index (χ3v) is 2.62. The molecule has 2 rings (SSSR count). The molecular weight excluding hydrogens is 230 g/mol. The van der Waals surface area contributed by atoms with E-state index in [0.717, 1.165) is 0 Å². The Morgan fingerprint density at radius 1 is 1.56 bits per heavy atom. The molecule has 0 aliphatic carbocycles. The first-order valence-electron chi connectivity index (χ1n) is 4.93. The van der Waals surface area contributed by atoms with Crippen LogP contribution >= 0.6 is 11.6 Å². The number of methoxy groups -OCH3 is 1. The maximum absolute atomic E-state index is 11.8. The maximum atomic E-state index is 11.8. The molecule has 1 N–H and O–H groups in total. The Morgan fingerprint density at radius 3 is 2.88 bits per heavy atom. The van der Waals surface area contributed by atoms with Gasteiger partial charge in [-0.25, -0.2) is 0 Å². The molecule has 1 aliphatic rings. The highest BCUT2D eigenvalue weighted by Gasteiger charge is 2.22. The van der Waals surface area contributed by atoms with Crippen molar-refractivity contribution in [3.63, 3.8) is 0 Å². The average Bonchev–Trinajstić information content (AvgIpc) is 2.23. The number of amides is 1. The lowest BCUT2D eigenvalue weighted by atomic mass is 10.1. The van der Waals surface area contributed by atoms with E-state index in [1.54, 1.807) is 18.2 Å². The molecule has 1 aromatic carbocycles. The molecule has 1 saturated heterocycles. The molecule has 0 spiro atoms. The van der Waals surface area contributed by atoms with Gasteiger partial charge in [-0.2, -0.15) is 0 Å². The van der Waals surface area contributed by atoms with Gasteiger partial charge in [0.2, 0.25) is 0 Å². The molecule has 5 heteroatoms. The van der Waals surface area contributed by atoms with Crippen molar-refractivity contribution in [3.8, 4) is 5.75 Å². The van der Waals surface area contributed by atoms with Gasteiger partial charge in [-0.3, -0.25) is 4.79 Å². The van der Waals surface area contributed by atoms with Crippen LogP contribution in [0.3, 0.4) is 0 Å². The molecule has 0 radical (unpaired) electrons. The Bertz CT molecular complexity index is 404. The van der Waals surface area contributed by atoms with E-state index in [2.05, 4.69) is 5.32 Å². The second kappa shape index (κ2) is 4.72. The van der Waals surface area contributed by atoms with Crippen LogP contribution in [-0.2, 0) is 4.74 Å². The first kappa shape index (κ1) is 11.2. The first-order valence-corrected chi connectivity index (χ1v) is 5.30. The number of hydrogen-bond acceptors (Lipinski definition) is 3. The molecule has 1 fully saturated rings. The second-order valence-corrected chi connectivity index (χ2v) is 3.99. The zero-order valence-electron chi connectivity index (χ0n) is 8.83. The third-order valence-electron chi connectivity index (χ3n) is 2.38. The van der Waals surface area contributed by atoms with E-state index in [1.165, 1.54) is 7.11 Å². The van der Waals surface area contributed by atoms with Crippen LogP contribution in [0, 0.1) is 0 Å².